The molecular weight excluding hydrogens is 284 g/mol. The summed E-state index contributed by atoms with van der Waals surface area (Å²) in [6, 6.07) is 12.1. The molecule has 0 aliphatic heterocycles. The molecule has 0 bridgehead atoms. The maximum Gasteiger partial charge on any atom is 0.129 e. The van der Waals surface area contributed by atoms with Gasteiger partial charge in [0.05, 0.1) is 17.7 Å². The van der Waals surface area contributed by atoms with E-state index >= 15 is 0 Å². The normalized spacial score (nSPS) is 10.6. The Morgan fingerprint density at radius 1 is 1.14 bits per heavy atom. The molecule has 0 radical (unpaired) electrons. The number of nitrogens with zero attached hydrogens (tertiary/aromatic N) is 3. The predicted molar refractivity (Wildman–Crippen MR) is 84.9 cm³/mol. The highest BCUT2D eigenvalue weighted by atomic mass is 35.5. The molecular formula is C16H15ClN4. The number of imidazole rings is 1. The molecule has 1 N–H and O–H groups in total. The molecule has 106 valence electrons. The summed E-state index contributed by atoms with van der Waals surface area (Å²) in [6.45, 7) is 2.69. The van der Waals surface area contributed by atoms with E-state index in [1.165, 1.54) is 5.56 Å². The Kier molecular flexibility index (Phi) is 3.88. The van der Waals surface area contributed by atoms with E-state index in [-0.39, 0.29) is 0 Å². The van der Waals surface area contributed by atoms with Crippen molar-refractivity contribution in [1.29, 1.82) is 0 Å². The minimum atomic E-state index is 0.516. The van der Waals surface area contributed by atoms with Gasteiger partial charge in [-0.15, -0.1) is 0 Å². The molecule has 0 saturated carbocycles. The van der Waals surface area contributed by atoms with Gasteiger partial charge in [0.15, 0.2) is 0 Å². The molecule has 0 fully saturated rings. The first-order chi connectivity index (χ1) is 10.2. The van der Waals surface area contributed by atoms with Gasteiger partial charge < -0.3 is 9.88 Å². The molecule has 0 amide bonds. The summed E-state index contributed by atoms with van der Waals surface area (Å²) >= 11 is 5.85. The van der Waals surface area contributed by atoms with Crippen molar-refractivity contribution in [1.82, 2.24) is 14.5 Å². The van der Waals surface area contributed by atoms with E-state index in [1.54, 1.807) is 18.6 Å². The number of hydrogen-bond donors (Lipinski definition) is 1. The summed E-state index contributed by atoms with van der Waals surface area (Å²) in [4.78, 5) is 8.27. The van der Waals surface area contributed by atoms with Gasteiger partial charge in [-0.05, 0) is 36.8 Å². The Bertz CT molecular complexity index is 721. The minimum Gasteiger partial charge on any atom is -0.380 e. The summed E-state index contributed by atoms with van der Waals surface area (Å²) in [6.07, 6.45) is 5.48. The summed E-state index contributed by atoms with van der Waals surface area (Å²) in [5, 5.41) is 3.89. The molecule has 4 nitrogen and oxygen atoms in total. The standard InChI is InChI=1S/C16H15ClN4/c1-12-15(6-7-16(17)20-12)19-10-13-2-4-14(5-3-13)21-9-8-18-11-21/h2-9,11,19H,10H2,1H3. The Hall–Kier alpha value is -2.33. The molecule has 5 heteroatoms. The van der Waals surface area contributed by atoms with Gasteiger partial charge in [-0.25, -0.2) is 9.97 Å². The lowest BCUT2D eigenvalue weighted by atomic mass is 10.2. The van der Waals surface area contributed by atoms with Crippen molar-refractivity contribution in [3.05, 3.63) is 71.5 Å². The lowest BCUT2D eigenvalue weighted by Crippen LogP contribution is -2.02. The van der Waals surface area contributed by atoms with E-state index in [0.717, 1.165) is 23.6 Å². The Balaban J connectivity index is 1.68. The zero-order chi connectivity index (χ0) is 14.7. The van der Waals surface area contributed by atoms with Crippen molar-refractivity contribution >= 4 is 17.3 Å². The quantitative estimate of drug-likeness (QED) is 0.744. The van der Waals surface area contributed by atoms with Gasteiger partial charge in [0, 0.05) is 24.6 Å². The van der Waals surface area contributed by atoms with Crippen molar-refractivity contribution in [2.45, 2.75) is 13.5 Å². The number of pyridine rings is 1. The first-order valence-corrected chi connectivity index (χ1v) is 7.04. The van der Waals surface area contributed by atoms with Gasteiger partial charge in [-0.2, -0.15) is 0 Å². The molecule has 0 spiro atoms. The van der Waals surface area contributed by atoms with E-state index in [9.17, 15) is 0 Å². The number of benzene rings is 1. The van der Waals surface area contributed by atoms with Crippen molar-refractivity contribution in [3.8, 4) is 5.69 Å². The van der Waals surface area contributed by atoms with Crippen molar-refractivity contribution in [2.24, 2.45) is 0 Å². The van der Waals surface area contributed by atoms with Crippen LogP contribution in [0.5, 0.6) is 0 Å². The summed E-state index contributed by atoms with van der Waals surface area (Å²) in [5.41, 5.74) is 4.20. The highest BCUT2D eigenvalue weighted by molar-refractivity contribution is 6.29. The monoisotopic (exact) mass is 298 g/mol. The number of halogens is 1. The molecule has 2 aromatic heterocycles. The minimum absolute atomic E-state index is 0.516. The van der Waals surface area contributed by atoms with Crippen LogP contribution in [0.15, 0.2) is 55.1 Å². The van der Waals surface area contributed by atoms with E-state index < -0.39 is 0 Å². The van der Waals surface area contributed by atoms with Crippen LogP contribution in [0, 0.1) is 6.92 Å². The summed E-state index contributed by atoms with van der Waals surface area (Å²) in [7, 11) is 0. The summed E-state index contributed by atoms with van der Waals surface area (Å²) in [5.74, 6) is 0. The van der Waals surface area contributed by atoms with Gasteiger partial charge in [0.2, 0.25) is 0 Å². The van der Waals surface area contributed by atoms with E-state index in [4.69, 9.17) is 11.6 Å². The SMILES string of the molecule is Cc1nc(Cl)ccc1NCc1ccc(-n2ccnc2)cc1. The second kappa shape index (κ2) is 5.97. The molecule has 0 atom stereocenters. The predicted octanol–water partition coefficient (Wildman–Crippen LogP) is 3.84. The van der Waals surface area contributed by atoms with Crippen LogP contribution >= 0.6 is 11.6 Å². The number of rotatable bonds is 4. The van der Waals surface area contributed by atoms with Crippen LogP contribution < -0.4 is 5.32 Å². The van der Waals surface area contributed by atoms with Crippen molar-refractivity contribution in [2.75, 3.05) is 5.32 Å². The Morgan fingerprint density at radius 3 is 2.62 bits per heavy atom. The van der Waals surface area contributed by atoms with E-state index in [1.807, 2.05) is 23.8 Å². The first-order valence-electron chi connectivity index (χ1n) is 6.67. The van der Waals surface area contributed by atoms with Gasteiger partial charge >= 0.3 is 0 Å². The second-order valence-corrected chi connectivity index (χ2v) is 5.14. The van der Waals surface area contributed by atoms with Crippen LogP contribution in [0.3, 0.4) is 0 Å². The average Bonchev–Trinajstić information content (AvgIpc) is 3.01. The van der Waals surface area contributed by atoms with E-state index in [2.05, 4.69) is 39.6 Å². The van der Waals surface area contributed by atoms with Crippen molar-refractivity contribution < 1.29 is 0 Å². The molecule has 3 rings (SSSR count). The van der Waals surface area contributed by atoms with Crippen LogP contribution in [-0.4, -0.2) is 14.5 Å². The second-order valence-electron chi connectivity index (χ2n) is 4.76. The fourth-order valence-corrected chi connectivity index (χ4v) is 2.30. The maximum absolute atomic E-state index is 5.85. The van der Waals surface area contributed by atoms with Crippen LogP contribution in [0.4, 0.5) is 5.69 Å². The maximum atomic E-state index is 5.85. The van der Waals surface area contributed by atoms with Gasteiger partial charge in [0.1, 0.15) is 5.15 Å². The first kappa shape index (κ1) is 13.6. The van der Waals surface area contributed by atoms with Crippen LogP contribution in [0.25, 0.3) is 5.69 Å². The molecule has 0 unspecified atom stereocenters. The topological polar surface area (TPSA) is 42.7 Å². The van der Waals surface area contributed by atoms with Crippen LogP contribution in [-0.2, 0) is 6.54 Å². The van der Waals surface area contributed by atoms with Gasteiger partial charge in [-0.3, -0.25) is 0 Å². The third-order valence-corrected chi connectivity index (χ3v) is 3.48. The van der Waals surface area contributed by atoms with Gasteiger partial charge in [0.25, 0.3) is 0 Å². The van der Waals surface area contributed by atoms with E-state index in [0.29, 0.717) is 5.15 Å². The summed E-state index contributed by atoms with van der Waals surface area (Å²) < 4.78 is 1.98. The fraction of sp³-hybridized carbons (Fsp3) is 0.125. The lowest BCUT2D eigenvalue weighted by Gasteiger charge is -2.10. The third-order valence-electron chi connectivity index (χ3n) is 3.27. The molecule has 1 aromatic carbocycles. The fourth-order valence-electron chi connectivity index (χ4n) is 2.11. The molecule has 2 heterocycles. The van der Waals surface area contributed by atoms with Crippen LogP contribution in [0.2, 0.25) is 5.15 Å². The Labute approximate surface area is 128 Å². The number of hydrogen-bond acceptors (Lipinski definition) is 3. The largest absolute Gasteiger partial charge is 0.380 e. The smallest absolute Gasteiger partial charge is 0.129 e. The lowest BCUT2D eigenvalue weighted by molar-refractivity contribution is 1.05. The zero-order valence-corrected chi connectivity index (χ0v) is 12.4. The molecule has 21 heavy (non-hydrogen) atoms. The zero-order valence-electron chi connectivity index (χ0n) is 11.6. The highest BCUT2D eigenvalue weighted by Crippen LogP contribution is 2.17. The molecule has 0 aliphatic rings. The number of aromatic nitrogens is 3. The average molecular weight is 299 g/mol. The molecule has 0 aliphatic carbocycles. The number of anilines is 1. The molecule has 0 saturated heterocycles. The Morgan fingerprint density at radius 2 is 1.95 bits per heavy atom. The number of nitrogens with one attached hydrogen (secondary N) is 1. The van der Waals surface area contributed by atoms with Gasteiger partial charge in [-0.1, -0.05) is 23.7 Å². The van der Waals surface area contributed by atoms with Crippen molar-refractivity contribution in [3.63, 3.8) is 0 Å². The third kappa shape index (κ3) is 3.23. The number of aryl methyl sites for hydroxylation is 1. The molecule has 3 aromatic rings. The van der Waals surface area contributed by atoms with Crippen LogP contribution in [0.1, 0.15) is 11.3 Å². The highest BCUT2D eigenvalue weighted by Gasteiger charge is 2.01.